The van der Waals surface area contributed by atoms with Gasteiger partial charge in [-0.15, -0.1) is 0 Å². The lowest BCUT2D eigenvalue weighted by molar-refractivity contribution is 0.0952. The summed E-state index contributed by atoms with van der Waals surface area (Å²) in [6.07, 6.45) is 2.31. The van der Waals surface area contributed by atoms with E-state index in [4.69, 9.17) is 0 Å². The van der Waals surface area contributed by atoms with Crippen LogP contribution >= 0.6 is 0 Å². The van der Waals surface area contributed by atoms with Crippen molar-refractivity contribution in [2.24, 2.45) is 5.92 Å². The van der Waals surface area contributed by atoms with Gasteiger partial charge in [-0.2, -0.15) is 0 Å². The van der Waals surface area contributed by atoms with Crippen molar-refractivity contribution in [3.05, 3.63) is 96.1 Å². The molecule has 30 heavy (non-hydrogen) atoms. The summed E-state index contributed by atoms with van der Waals surface area (Å²) in [7, 11) is -3.81. The molecule has 0 spiro atoms. The molecule has 0 aliphatic heterocycles. The second kappa shape index (κ2) is 8.71. The van der Waals surface area contributed by atoms with Gasteiger partial charge in [-0.1, -0.05) is 54.6 Å². The summed E-state index contributed by atoms with van der Waals surface area (Å²) in [6, 6.07) is 24.6. The summed E-state index contributed by atoms with van der Waals surface area (Å²) < 4.78 is 28.3. The first-order chi connectivity index (χ1) is 14.5. The molecule has 0 saturated heterocycles. The van der Waals surface area contributed by atoms with Gasteiger partial charge in [-0.05, 0) is 54.7 Å². The fourth-order valence-electron chi connectivity index (χ4n) is 3.25. The molecule has 3 aromatic carbocycles. The summed E-state index contributed by atoms with van der Waals surface area (Å²) in [5, 5.41) is 2.94. The Bertz CT molecular complexity index is 1110. The van der Waals surface area contributed by atoms with Crippen LogP contribution in [0, 0.1) is 5.92 Å². The molecule has 1 amide bonds. The fraction of sp³-hybridized carbons (Fsp3) is 0.208. The van der Waals surface area contributed by atoms with Crippen LogP contribution in [0.3, 0.4) is 0 Å². The van der Waals surface area contributed by atoms with Crippen molar-refractivity contribution in [2.45, 2.75) is 24.3 Å². The van der Waals surface area contributed by atoms with Gasteiger partial charge in [0.25, 0.3) is 15.9 Å². The molecule has 1 aliphatic rings. The van der Waals surface area contributed by atoms with Gasteiger partial charge < -0.3 is 5.32 Å². The molecule has 0 aromatic heterocycles. The minimum atomic E-state index is -3.81. The van der Waals surface area contributed by atoms with Gasteiger partial charge >= 0.3 is 0 Å². The van der Waals surface area contributed by atoms with E-state index >= 15 is 0 Å². The van der Waals surface area contributed by atoms with Crippen LogP contribution in [0.25, 0.3) is 0 Å². The monoisotopic (exact) mass is 420 g/mol. The average Bonchev–Trinajstić information content (AvgIpc) is 3.62. The zero-order valence-electron chi connectivity index (χ0n) is 16.6. The quantitative estimate of drug-likeness (QED) is 0.593. The zero-order valence-corrected chi connectivity index (χ0v) is 17.4. The topological polar surface area (TPSA) is 66.5 Å². The molecule has 6 heteroatoms. The minimum absolute atomic E-state index is 0.172. The predicted octanol–water partition coefficient (Wildman–Crippen LogP) is 4.22. The van der Waals surface area contributed by atoms with Gasteiger partial charge in [0.05, 0.1) is 17.1 Å². The van der Waals surface area contributed by atoms with E-state index in [2.05, 4.69) is 5.32 Å². The third-order valence-corrected chi connectivity index (χ3v) is 6.93. The van der Waals surface area contributed by atoms with Gasteiger partial charge in [0.1, 0.15) is 0 Å². The maximum Gasteiger partial charge on any atom is 0.264 e. The number of nitrogens with one attached hydrogen (secondary N) is 1. The minimum Gasteiger partial charge on any atom is -0.352 e. The van der Waals surface area contributed by atoms with E-state index in [1.54, 1.807) is 54.6 Å². The first-order valence-corrected chi connectivity index (χ1v) is 11.5. The predicted molar refractivity (Wildman–Crippen MR) is 118 cm³/mol. The van der Waals surface area contributed by atoms with Crippen LogP contribution in [0.15, 0.2) is 89.8 Å². The lowest BCUT2D eigenvalue weighted by Crippen LogP contribution is -2.31. The van der Waals surface area contributed by atoms with Crippen molar-refractivity contribution in [1.82, 2.24) is 5.32 Å². The Morgan fingerprint density at radius 3 is 2.23 bits per heavy atom. The molecule has 5 nitrogen and oxygen atoms in total. The lowest BCUT2D eigenvalue weighted by atomic mass is 10.1. The molecule has 3 aromatic rings. The Kier molecular flexibility index (Phi) is 5.86. The summed E-state index contributed by atoms with van der Waals surface area (Å²) in [5.74, 6) is 0.394. The molecule has 0 radical (unpaired) electrons. The third kappa shape index (κ3) is 4.71. The second-order valence-corrected chi connectivity index (χ2v) is 9.38. The molecule has 1 N–H and O–H groups in total. The average molecular weight is 421 g/mol. The first kappa shape index (κ1) is 20.2. The number of amides is 1. The van der Waals surface area contributed by atoms with Crippen LogP contribution in [0.1, 0.15) is 28.8 Å². The normalized spacial score (nSPS) is 13.6. The molecule has 1 aliphatic carbocycles. The molecule has 154 valence electrons. The van der Waals surface area contributed by atoms with Gasteiger partial charge in [0, 0.05) is 12.1 Å². The second-order valence-electron chi connectivity index (χ2n) is 7.51. The SMILES string of the molecule is O=C(NCC1CC1)c1cccc(N(Cc2ccccc2)S(=O)(=O)c2ccccc2)c1. The smallest absolute Gasteiger partial charge is 0.264 e. The number of carbonyl (C=O) groups is 1. The Balaban J connectivity index is 1.68. The molecule has 1 saturated carbocycles. The van der Waals surface area contributed by atoms with E-state index in [9.17, 15) is 13.2 Å². The Morgan fingerprint density at radius 1 is 0.900 bits per heavy atom. The lowest BCUT2D eigenvalue weighted by Gasteiger charge is -2.25. The van der Waals surface area contributed by atoms with E-state index in [0.717, 1.165) is 18.4 Å². The zero-order chi connectivity index (χ0) is 21.0. The van der Waals surface area contributed by atoms with Crippen molar-refractivity contribution in [2.75, 3.05) is 10.8 Å². The molecule has 4 rings (SSSR count). The van der Waals surface area contributed by atoms with Crippen LogP contribution in [0.4, 0.5) is 5.69 Å². The maximum absolute atomic E-state index is 13.5. The third-order valence-electron chi connectivity index (χ3n) is 5.14. The highest BCUT2D eigenvalue weighted by atomic mass is 32.2. The number of hydrogen-bond donors (Lipinski definition) is 1. The summed E-state index contributed by atoms with van der Waals surface area (Å²) in [4.78, 5) is 12.8. The van der Waals surface area contributed by atoms with Crippen LogP contribution in [-0.2, 0) is 16.6 Å². The fourth-order valence-corrected chi connectivity index (χ4v) is 4.71. The number of rotatable bonds is 8. The van der Waals surface area contributed by atoms with Crippen molar-refractivity contribution < 1.29 is 13.2 Å². The summed E-state index contributed by atoms with van der Waals surface area (Å²) in [6.45, 7) is 0.838. The van der Waals surface area contributed by atoms with Gasteiger partial charge in [-0.3, -0.25) is 9.10 Å². The molecular weight excluding hydrogens is 396 g/mol. The van der Waals surface area contributed by atoms with Crippen molar-refractivity contribution >= 4 is 21.6 Å². The number of sulfonamides is 1. The van der Waals surface area contributed by atoms with Gasteiger partial charge in [0.15, 0.2) is 0 Å². The number of nitrogens with zero attached hydrogens (tertiary/aromatic N) is 1. The van der Waals surface area contributed by atoms with Crippen LogP contribution in [-0.4, -0.2) is 20.9 Å². The van der Waals surface area contributed by atoms with Crippen LogP contribution in [0.5, 0.6) is 0 Å². The van der Waals surface area contributed by atoms with Crippen molar-refractivity contribution in [3.63, 3.8) is 0 Å². The van der Waals surface area contributed by atoms with Crippen molar-refractivity contribution in [1.29, 1.82) is 0 Å². The standard InChI is InChI=1S/C24H24N2O3S/c27-24(25-17-19-14-15-19)21-10-7-11-22(16-21)26(18-20-8-3-1-4-9-20)30(28,29)23-12-5-2-6-13-23/h1-13,16,19H,14-15,17-18H2,(H,25,27). The van der Waals surface area contributed by atoms with E-state index in [0.29, 0.717) is 23.7 Å². The molecule has 0 bridgehead atoms. The molecule has 0 atom stereocenters. The molecule has 1 fully saturated rings. The highest BCUT2D eigenvalue weighted by Gasteiger charge is 2.26. The van der Waals surface area contributed by atoms with E-state index in [-0.39, 0.29) is 17.3 Å². The highest BCUT2D eigenvalue weighted by molar-refractivity contribution is 7.92. The molecular formula is C24H24N2O3S. The maximum atomic E-state index is 13.5. The summed E-state index contributed by atoms with van der Waals surface area (Å²) in [5.41, 5.74) is 1.77. The molecule has 0 heterocycles. The van der Waals surface area contributed by atoms with Crippen LogP contribution < -0.4 is 9.62 Å². The van der Waals surface area contributed by atoms with Gasteiger partial charge in [0.2, 0.25) is 0 Å². The van der Waals surface area contributed by atoms with Crippen LogP contribution in [0.2, 0.25) is 0 Å². The summed E-state index contributed by atoms with van der Waals surface area (Å²) >= 11 is 0. The Hall–Kier alpha value is -3.12. The number of carbonyl (C=O) groups excluding carboxylic acids is 1. The Morgan fingerprint density at radius 2 is 1.57 bits per heavy atom. The Labute approximate surface area is 177 Å². The van der Waals surface area contributed by atoms with E-state index < -0.39 is 10.0 Å². The largest absolute Gasteiger partial charge is 0.352 e. The first-order valence-electron chi connectivity index (χ1n) is 10.0. The van der Waals surface area contributed by atoms with Crippen molar-refractivity contribution in [3.8, 4) is 0 Å². The number of hydrogen-bond acceptors (Lipinski definition) is 3. The highest BCUT2D eigenvalue weighted by Crippen LogP contribution is 2.28. The number of anilines is 1. The van der Waals surface area contributed by atoms with E-state index in [1.807, 2.05) is 30.3 Å². The molecule has 0 unspecified atom stereocenters. The van der Waals surface area contributed by atoms with E-state index in [1.165, 1.54) is 4.31 Å². The van der Waals surface area contributed by atoms with Gasteiger partial charge in [-0.25, -0.2) is 8.42 Å². The number of benzene rings is 3.